The Labute approximate surface area is 81.2 Å². The first kappa shape index (κ1) is 10.2. The van der Waals surface area contributed by atoms with Gasteiger partial charge >= 0.3 is 0 Å². The van der Waals surface area contributed by atoms with Gasteiger partial charge in [0, 0.05) is 12.4 Å². The maximum absolute atomic E-state index is 4.17. The highest BCUT2D eigenvalue weighted by molar-refractivity contribution is 5.26. The Morgan fingerprint density at radius 3 is 2.46 bits per heavy atom. The molecule has 1 rings (SSSR count). The molecule has 0 radical (unpaired) electrons. The van der Waals surface area contributed by atoms with Crippen molar-refractivity contribution in [2.75, 3.05) is 0 Å². The van der Waals surface area contributed by atoms with E-state index in [1.807, 2.05) is 12.4 Å². The summed E-state index contributed by atoms with van der Waals surface area (Å²) in [5.74, 6) is 1.31. The van der Waals surface area contributed by atoms with Crippen LogP contribution in [-0.2, 0) is 6.42 Å². The van der Waals surface area contributed by atoms with E-state index in [1.165, 1.54) is 11.1 Å². The Morgan fingerprint density at radius 2 is 1.92 bits per heavy atom. The highest BCUT2D eigenvalue weighted by Gasteiger charge is 2.07. The highest BCUT2D eigenvalue weighted by atomic mass is 14.6. The van der Waals surface area contributed by atoms with E-state index in [1.54, 1.807) is 0 Å². The number of hydrogen-bond acceptors (Lipinski definition) is 1. The van der Waals surface area contributed by atoms with Crippen molar-refractivity contribution in [3.05, 3.63) is 29.6 Å². The lowest BCUT2D eigenvalue weighted by Gasteiger charge is -2.13. The Balaban J connectivity index is 2.91. The molecule has 0 saturated heterocycles. The van der Waals surface area contributed by atoms with Crippen molar-refractivity contribution >= 4 is 0 Å². The van der Waals surface area contributed by atoms with Gasteiger partial charge in [0.25, 0.3) is 0 Å². The summed E-state index contributed by atoms with van der Waals surface area (Å²) in [6, 6.07) is 2.15. The van der Waals surface area contributed by atoms with Crippen LogP contribution < -0.4 is 0 Å². The van der Waals surface area contributed by atoms with Gasteiger partial charge in [-0.3, -0.25) is 4.98 Å². The topological polar surface area (TPSA) is 12.9 Å². The number of aromatic nitrogens is 1. The van der Waals surface area contributed by atoms with E-state index >= 15 is 0 Å². The standard InChI is InChI=1S/C12H19N/c1-9(2)7-11-5-6-13-8-12(11)10(3)4/h5-6,8-10H,7H2,1-4H3. The molecule has 0 aliphatic rings. The molecule has 72 valence electrons. The average molecular weight is 177 g/mol. The van der Waals surface area contributed by atoms with Gasteiger partial charge in [-0.05, 0) is 35.4 Å². The number of nitrogens with zero attached hydrogens (tertiary/aromatic N) is 1. The monoisotopic (exact) mass is 177 g/mol. The Kier molecular flexibility index (Phi) is 3.47. The van der Waals surface area contributed by atoms with Crippen molar-refractivity contribution in [2.45, 2.75) is 40.0 Å². The van der Waals surface area contributed by atoms with Crippen LogP contribution in [0.4, 0.5) is 0 Å². The lowest BCUT2D eigenvalue weighted by atomic mass is 9.94. The molecule has 0 bridgehead atoms. The largest absolute Gasteiger partial charge is 0.264 e. The maximum Gasteiger partial charge on any atom is 0.0305 e. The molecule has 0 aromatic carbocycles. The van der Waals surface area contributed by atoms with Crippen LogP contribution in [0.5, 0.6) is 0 Å². The summed E-state index contributed by atoms with van der Waals surface area (Å²) in [6.07, 6.45) is 5.06. The van der Waals surface area contributed by atoms with Gasteiger partial charge in [0.1, 0.15) is 0 Å². The molecular weight excluding hydrogens is 158 g/mol. The third kappa shape index (κ3) is 2.83. The number of hydrogen-bond donors (Lipinski definition) is 0. The SMILES string of the molecule is CC(C)Cc1ccncc1C(C)C. The third-order valence-corrected chi connectivity index (χ3v) is 2.20. The fourth-order valence-corrected chi connectivity index (χ4v) is 1.58. The van der Waals surface area contributed by atoms with Crippen LogP contribution >= 0.6 is 0 Å². The minimum atomic E-state index is 0.586. The number of rotatable bonds is 3. The summed E-state index contributed by atoms with van der Waals surface area (Å²) in [4.78, 5) is 4.17. The summed E-state index contributed by atoms with van der Waals surface area (Å²) in [5.41, 5.74) is 2.86. The van der Waals surface area contributed by atoms with Gasteiger partial charge in [0.2, 0.25) is 0 Å². The van der Waals surface area contributed by atoms with E-state index in [0.717, 1.165) is 12.3 Å². The molecule has 0 fully saturated rings. The molecule has 0 saturated carbocycles. The summed E-state index contributed by atoms with van der Waals surface area (Å²) >= 11 is 0. The average Bonchev–Trinajstić information content (AvgIpc) is 2.03. The van der Waals surface area contributed by atoms with Gasteiger partial charge in [-0.2, -0.15) is 0 Å². The van der Waals surface area contributed by atoms with Crippen LogP contribution in [0.1, 0.15) is 44.7 Å². The van der Waals surface area contributed by atoms with Crippen molar-refractivity contribution in [1.29, 1.82) is 0 Å². The van der Waals surface area contributed by atoms with Crippen LogP contribution in [0.3, 0.4) is 0 Å². The molecule has 0 aliphatic heterocycles. The van der Waals surface area contributed by atoms with Crippen LogP contribution in [0.2, 0.25) is 0 Å². The summed E-state index contributed by atoms with van der Waals surface area (Å²) in [7, 11) is 0. The van der Waals surface area contributed by atoms with Gasteiger partial charge in [-0.15, -0.1) is 0 Å². The predicted octanol–water partition coefficient (Wildman–Crippen LogP) is 3.40. The number of pyridine rings is 1. The van der Waals surface area contributed by atoms with Gasteiger partial charge in [-0.1, -0.05) is 27.7 Å². The van der Waals surface area contributed by atoms with Gasteiger partial charge < -0.3 is 0 Å². The van der Waals surface area contributed by atoms with Gasteiger partial charge in [0.15, 0.2) is 0 Å². The van der Waals surface area contributed by atoms with E-state index < -0.39 is 0 Å². The van der Waals surface area contributed by atoms with Crippen molar-refractivity contribution in [3.63, 3.8) is 0 Å². The lowest BCUT2D eigenvalue weighted by Crippen LogP contribution is -2.01. The van der Waals surface area contributed by atoms with Crippen LogP contribution in [0.15, 0.2) is 18.5 Å². The predicted molar refractivity (Wildman–Crippen MR) is 56.9 cm³/mol. The van der Waals surface area contributed by atoms with Crippen LogP contribution in [-0.4, -0.2) is 4.98 Å². The third-order valence-electron chi connectivity index (χ3n) is 2.20. The Hall–Kier alpha value is -0.850. The van der Waals surface area contributed by atoms with Crippen molar-refractivity contribution in [3.8, 4) is 0 Å². The van der Waals surface area contributed by atoms with Crippen molar-refractivity contribution < 1.29 is 0 Å². The summed E-state index contributed by atoms with van der Waals surface area (Å²) in [6.45, 7) is 8.96. The molecule has 0 unspecified atom stereocenters. The molecule has 1 aromatic heterocycles. The lowest BCUT2D eigenvalue weighted by molar-refractivity contribution is 0.637. The fourth-order valence-electron chi connectivity index (χ4n) is 1.58. The molecule has 1 nitrogen and oxygen atoms in total. The first-order valence-electron chi connectivity index (χ1n) is 5.04. The van der Waals surface area contributed by atoms with E-state index in [0.29, 0.717) is 5.92 Å². The minimum absolute atomic E-state index is 0.586. The zero-order valence-electron chi connectivity index (χ0n) is 9.04. The maximum atomic E-state index is 4.17. The smallest absolute Gasteiger partial charge is 0.0305 e. The zero-order valence-corrected chi connectivity index (χ0v) is 9.04. The fraction of sp³-hybridized carbons (Fsp3) is 0.583. The second kappa shape index (κ2) is 4.40. The second-order valence-electron chi connectivity index (χ2n) is 4.33. The van der Waals surface area contributed by atoms with E-state index in [2.05, 4.69) is 38.7 Å². The molecule has 0 atom stereocenters. The van der Waals surface area contributed by atoms with E-state index in [4.69, 9.17) is 0 Å². The Morgan fingerprint density at radius 1 is 1.23 bits per heavy atom. The molecular formula is C12H19N. The molecule has 1 aromatic rings. The summed E-state index contributed by atoms with van der Waals surface area (Å²) in [5, 5.41) is 0. The molecule has 13 heavy (non-hydrogen) atoms. The first-order valence-corrected chi connectivity index (χ1v) is 5.04. The quantitative estimate of drug-likeness (QED) is 0.689. The van der Waals surface area contributed by atoms with Crippen molar-refractivity contribution in [2.24, 2.45) is 5.92 Å². The van der Waals surface area contributed by atoms with Gasteiger partial charge in [0.05, 0.1) is 0 Å². The molecule has 1 heteroatoms. The zero-order chi connectivity index (χ0) is 9.84. The Bertz CT molecular complexity index is 264. The van der Waals surface area contributed by atoms with Crippen LogP contribution in [0.25, 0.3) is 0 Å². The van der Waals surface area contributed by atoms with Gasteiger partial charge in [-0.25, -0.2) is 0 Å². The van der Waals surface area contributed by atoms with Crippen LogP contribution in [0, 0.1) is 5.92 Å². The minimum Gasteiger partial charge on any atom is -0.264 e. The van der Waals surface area contributed by atoms with Crippen molar-refractivity contribution in [1.82, 2.24) is 4.98 Å². The normalized spacial score (nSPS) is 11.2. The molecule has 0 N–H and O–H groups in total. The molecule has 0 amide bonds. The molecule has 0 aliphatic carbocycles. The molecule has 0 spiro atoms. The summed E-state index contributed by atoms with van der Waals surface area (Å²) < 4.78 is 0. The van der Waals surface area contributed by atoms with E-state index in [-0.39, 0.29) is 0 Å². The molecule has 1 heterocycles. The van der Waals surface area contributed by atoms with E-state index in [9.17, 15) is 0 Å². The first-order chi connectivity index (χ1) is 6.11. The highest BCUT2D eigenvalue weighted by Crippen LogP contribution is 2.20. The second-order valence-corrected chi connectivity index (χ2v) is 4.33.